The van der Waals surface area contributed by atoms with E-state index in [2.05, 4.69) is 4.98 Å². The van der Waals surface area contributed by atoms with E-state index in [-0.39, 0.29) is 11.7 Å². The van der Waals surface area contributed by atoms with Gasteiger partial charge in [0, 0.05) is 6.61 Å². The number of aromatic nitrogens is 2. The van der Waals surface area contributed by atoms with Gasteiger partial charge in [0.1, 0.15) is 0 Å². The maximum Gasteiger partial charge on any atom is 0.335 e. The number of carboxylic acids is 1. The Morgan fingerprint density at radius 3 is 3.17 bits per heavy atom. The molecule has 1 N–H and O–H groups in total. The fourth-order valence-electron chi connectivity index (χ4n) is 2.34. The summed E-state index contributed by atoms with van der Waals surface area (Å²) in [6.07, 6.45) is 4.12. The van der Waals surface area contributed by atoms with Crippen molar-refractivity contribution in [2.24, 2.45) is 0 Å². The van der Waals surface area contributed by atoms with Crippen molar-refractivity contribution in [2.75, 3.05) is 6.61 Å². The number of nitrogens with zero attached hydrogens (tertiary/aromatic N) is 2. The summed E-state index contributed by atoms with van der Waals surface area (Å²) in [5, 5.41) is 9.00. The van der Waals surface area contributed by atoms with Gasteiger partial charge in [0.2, 0.25) is 0 Å². The Morgan fingerprint density at radius 1 is 1.56 bits per heavy atom. The largest absolute Gasteiger partial charge is 0.478 e. The van der Waals surface area contributed by atoms with Gasteiger partial charge in [0.15, 0.2) is 0 Å². The highest BCUT2D eigenvalue weighted by atomic mass is 16.5. The van der Waals surface area contributed by atoms with Crippen LogP contribution in [0.4, 0.5) is 0 Å². The summed E-state index contributed by atoms with van der Waals surface area (Å²) >= 11 is 0. The van der Waals surface area contributed by atoms with Gasteiger partial charge >= 0.3 is 5.97 Å². The molecule has 0 unspecified atom stereocenters. The van der Waals surface area contributed by atoms with Gasteiger partial charge in [-0.05, 0) is 31.0 Å². The van der Waals surface area contributed by atoms with Crippen LogP contribution in [-0.4, -0.2) is 33.3 Å². The third kappa shape index (κ3) is 1.97. The number of hydrogen-bond acceptors (Lipinski definition) is 3. The van der Waals surface area contributed by atoms with E-state index in [0.29, 0.717) is 0 Å². The van der Waals surface area contributed by atoms with Crippen molar-refractivity contribution >= 4 is 17.0 Å². The summed E-state index contributed by atoms with van der Waals surface area (Å²) in [5.41, 5.74) is 1.96. The van der Waals surface area contributed by atoms with Crippen LogP contribution in [0, 0.1) is 0 Å². The number of fused-ring (bicyclic) bond motifs is 1. The van der Waals surface area contributed by atoms with E-state index in [4.69, 9.17) is 9.84 Å². The summed E-state index contributed by atoms with van der Waals surface area (Å²) in [6.45, 7) is 1.55. The average molecular weight is 246 g/mol. The minimum atomic E-state index is -0.915. The first-order valence-electron chi connectivity index (χ1n) is 6.04. The highest BCUT2D eigenvalue weighted by molar-refractivity contribution is 5.92. The van der Waals surface area contributed by atoms with Gasteiger partial charge in [-0.2, -0.15) is 0 Å². The molecular formula is C13H14N2O3. The lowest BCUT2D eigenvalue weighted by Crippen LogP contribution is -2.14. The van der Waals surface area contributed by atoms with E-state index in [1.807, 2.05) is 4.57 Å². The maximum absolute atomic E-state index is 11.0. The third-order valence-electron chi connectivity index (χ3n) is 3.29. The Bertz CT molecular complexity index is 585. The molecule has 1 atom stereocenters. The average Bonchev–Trinajstić information content (AvgIpc) is 2.99. The Balaban J connectivity index is 1.95. The smallest absolute Gasteiger partial charge is 0.335 e. The molecule has 1 aliphatic heterocycles. The molecule has 1 saturated heterocycles. The zero-order valence-electron chi connectivity index (χ0n) is 9.87. The van der Waals surface area contributed by atoms with Crippen molar-refractivity contribution in [1.29, 1.82) is 0 Å². The molecule has 0 saturated carbocycles. The number of carbonyl (C=O) groups is 1. The summed E-state index contributed by atoms with van der Waals surface area (Å²) in [6, 6.07) is 4.98. The summed E-state index contributed by atoms with van der Waals surface area (Å²) in [7, 11) is 0. The van der Waals surface area contributed by atoms with Crippen LogP contribution < -0.4 is 0 Å². The predicted octanol–water partition coefficient (Wildman–Crippen LogP) is 1.91. The lowest BCUT2D eigenvalue weighted by molar-refractivity contribution is 0.0697. The lowest BCUT2D eigenvalue weighted by atomic mass is 10.2. The van der Waals surface area contributed by atoms with Crippen LogP contribution in [0.25, 0.3) is 11.0 Å². The van der Waals surface area contributed by atoms with E-state index < -0.39 is 5.97 Å². The van der Waals surface area contributed by atoms with Gasteiger partial charge in [-0.25, -0.2) is 9.78 Å². The molecule has 0 bridgehead atoms. The molecule has 3 rings (SSSR count). The van der Waals surface area contributed by atoms with Crippen molar-refractivity contribution < 1.29 is 14.6 Å². The normalized spacial score (nSPS) is 19.4. The van der Waals surface area contributed by atoms with Crippen LogP contribution in [0.5, 0.6) is 0 Å². The number of aromatic carboxylic acids is 1. The molecule has 5 heteroatoms. The number of hydrogen-bond donors (Lipinski definition) is 1. The molecule has 1 aromatic heterocycles. The highest BCUT2D eigenvalue weighted by Gasteiger charge is 2.17. The van der Waals surface area contributed by atoms with Crippen LogP contribution in [0.1, 0.15) is 23.2 Å². The van der Waals surface area contributed by atoms with Crippen molar-refractivity contribution in [2.45, 2.75) is 25.5 Å². The van der Waals surface area contributed by atoms with Crippen molar-refractivity contribution in [1.82, 2.24) is 9.55 Å². The standard InChI is InChI=1S/C13H14N2O3/c16-13(17)9-3-4-11-12(6-9)15(8-14-11)7-10-2-1-5-18-10/h3-4,6,8,10H,1-2,5,7H2,(H,16,17)/t10-/m0/s1. The van der Waals surface area contributed by atoms with Gasteiger partial charge in [-0.3, -0.25) is 0 Å². The second-order valence-electron chi connectivity index (χ2n) is 4.54. The van der Waals surface area contributed by atoms with Crippen LogP contribution in [0.15, 0.2) is 24.5 Å². The van der Waals surface area contributed by atoms with Crippen LogP contribution in [-0.2, 0) is 11.3 Å². The summed E-state index contributed by atoms with van der Waals surface area (Å²) in [5.74, 6) is -0.915. The van der Waals surface area contributed by atoms with Crippen molar-refractivity contribution in [3.8, 4) is 0 Å². The summed E-state index contributed by atoms with van der Waals surface area (Å²) < 4.78 is 7.56. The van der Waals surface area contributed by atoms with Gasteiger partial charge < -0.3 is 14.4 Å². The van der Waals surface area contributed by atoms with Crippen LogP contribution >= 0.6 is 0 Å². The molecule has 0 spiro atoms. The molecule has 1 aromatic carbocycles. The van der Waals surface area contributed by atoms with E-state index >= 15 is 0 Å². The van der Waals surface area contributed by atoms with Gasteiger partial charge in [0.05, 0.1) is 35.6 Å². The Labute approximate surface area is 104 Å². The van der Waals surface area contributed by atoms with Gasteiger partial charge in [-0.15, -0.1) is 0 Å². The van der Waals surface area contributed by atoms with Crippen LogP contribution in [0.3, 0.4) is 0 Å². The van der Waals surface area contributed by atoms with Crippen molar-refractivity contribution in [3.05, 3.63) is 30.1 Å². The molecular weight excluding hydrogens is 232 g/mol. The Kier molecular flexibility index (Phi) is 2.76. The van der Waals surface area contributed by atoms with E-state index in [1.54, 1.807) is 24.5 Å². The maximum atomic E-state index is 11.0. The van der Waals surface area contributed by atoms with Crippen molar-refractivity contribution in [3.63, 3.8) is 0 Å². The van der Waals surface area contributed by atoms with E-state index in [1.165, 1.54) is 0 Å². The fraction of sp³-hybridized carbons (Fsp3) is 0.385. The molecule has 5 nitrogen and oxygen atoms in total. The first-order chi connectivity index (χ1) is 8.74. The first-order valence-corrected chi connectivity index (χ1v) is 6.04. The predicted molar refractivity (Wildman–Crippen MR) is 65.7 cm³/mol. The van der Waals surface area contributed by atoms with E-state index in [9.17, 15) is 4.79 Å². The second kappa shape index (κ2) is 4.42. The minimum absolute atomic E-state index is 0.218. The second-order valence-corrected chi connectivity index (χ2v) is 4.54. The van der Waals surface area contributed by atoms with Gasteiger partial charge in [-0.1, -0.05) is 0 Å². The Morgan fingerprint density at radius 2 is 2.44 bits per heavy atom. The van der Waals surface area contributed by atoms with Crippen LogP contribution in [0.2, 0.25) is 0 Å². The molecule has 18 heavy (non-hydrogen) atoms. The monoisotopic (exact) mass is 246 g/mol. The van der Waals surface area contributed by atoms with Gasteiger partial charge in [0.25, 0.3) is 0 Å². The molecule has 2 aromatic rings. The number of carboxylic acid groups (broad SMARTS) is 1. The summed E-state index contributed by atoms with van der Waals surface area (Å²) in [4.78, 5) is 15.2. The lowest BCUT2D eigenvalue weighted by Gasteiger charge is -2.10. The third-order valence-corrected chi connectivity index (χ3v) is 3.29. The molecule has 0 aliphatic carbocycles. The highest BCUT2D eigenvalue weighted by Crippen LogP contribution is 2.19. The molecule has 1 aliphatic rings. The molecule has 1 fully saturated rings. The van der Waals surface area contributed by atoms with E-state index in [0.717, 1.165) is 37.0 Å². The SMILES string of the molecule is O=C(O)c1ccc2ncn(C[C@@H]3CCCO3)c2c1. The fourth-order valence-corrected chi connectivity index (χ4v) is 2.34. The quantitative estimate of drug-likeness (QED) is 0.898. The zero-order chi connectivity index (χ0) is 12.5. The first kappa shape index (κ1) is 11.2. The number of benzene rings is 1. The number of imidazole rings is 1. The topological polar surface area (TPSA) is 64.3 Å². The Hall–Kier alpha value is -1.88. The molecule has 0 amide bonds. The molecule has 94 valence electrons. The number of rotatable bonds is 3. The molecule has 2 heterocycles. The zero-order valence-corrected chi connectivity index (χ0v) is 9.87. The minimum Gasteiger partial charge on any atom is -0.478 e. The number of ether oxygens (including phenoxy) is 1. The molecule has 0 radical (unpaired) electrons.